The van der Waals surface area contributed by atoms with E-state index in [1.807, 2.05) is 29.8 Å². The number of fused-ring (bicyclic) bond motifs is 1. The van der Waals surface area contributed by atoms with Crippen molar-refractivity contribution >= 4 is 28.4 Å². The van der Waals surface area contributed by atoms with E-state index in [1.54, 1.807) is 0 Å². The first-order chi connectivity index (χ1) is 16.9. The monoisotopic (exact) mass is 473 g/mol. The molecule has 1 unspecified atom stereocenters. The number of aliphatic hydroxyl groups is 2. The molecular formula is C27H31N5O3. The third-order valence-electron chi connectivity index (χ3n) is 6.51. The normalized spacial score (nSPS) is 15.7. The lowest BCUT2D eigenvalue weighted by atomic mass is 10.0. The van der Waals surface area contributed by atoms with Crippen LogP contribution in [0.15, 0.2) is 54.1 Å². The van der Waals surface area contributed by atoms with Crippen LogP contribution < -0.4 is 10.2 Å². The van der Waals surface area contributed by atoms with E-state index in [0.717, 1.165) is 42.8 Å². The molecule has 1 saturated heterocycles. The van der Waals surface area contributed by atoms with Gasteiger partial charge < -0.3 is 29.9 Å². The number of aromatic nitrogens is 1. The zero-order chi connectivity index (χ0) is 24.9. The van der Waals surface area contributed by atoms with Crippen LogP contribution in [0, 0.1) is 11.3 Å². The van der Waals surface area contributed by atoms with Crippen molar-refractivity contribution in [2.45, 2.75) is 6.10 Å². The molecule has 3 N–H and O–H groups in total. The van der Waals surface area contributed by atoms with Crippen molar-refractivity contribution in [3.63, 3.8) is 0 Å². The van der Waals surface area contributed by atoms with Crippen LogP contribution in [-0.2, 0) is 11.8 Å². The number of hydrogen-bond donors (Lipinski definition) is 3. The van der Waals surface area contributed by atoms with Crippen LogP contribution in [-0.4, -0.2) is 78.1 Å². The first-order valence-electron chi connectivity index (χ1n) is 11.7. The van der Waals surface area contributed by atoms with Gasteiger partial charge in [-0.2, -0.15) is 5.26 Å². The van der Waals surface area contributed by atoms with E-state index in [1.165, 1.54) is 17.1 Å². The van der Waals surface area contributed by atoms with E-state index in [0.29, 0.717) is 5.69 Å². The zero-order valence-corrected chi connectivity index (χ0v) is 20.1. The Hall–Kier alpha value is -3.64. The highest BCUT2D eigenvalue weighted by Gasteiger charge is 2.16. The van der Waals surface area contributed by atoms with Gasteiger partial charge >= 0.3 is 0 Å². The highest BCUT2D eigenvalue weighted by molar-refractivity contribution is 6.01. The third kappa shape index (κ3) is 5.54. The van der Waals surface area contributed by atoms with Gasteiger partial charge in [0.15, 0.2) is 0 Å². The van der Waals surface area contributed by atoms with E-state index >= 15 is 0 Å². The van der Waals surface area contributed by atoms with Crippen molar-refractivity contribution in [3.8, 4) is 17.3 Å². The van der Waals surface area contributed by atoms with Crippen LogP contribution in [0.2, 0.25) is 0 Å². The molecule has 1 amide bonds. The molecule has 182 valence electrons. The largest absolute Gasteiger partial charge is 0.394 e. The fraction of sp³-hybridized carbons (Fsp3) is 0.333. The van der Waals surface area contributed by atoms with Crippen molar-refractivity contribution in [2.24, 2.45) is 7.05 Å². The standard InChI is InChI=1S/C27H31N5O3/c1-30-9-11-32(12-10-30)24-6-5-19-13-21(4-3-20(19)14-24)26-8-7-23(31(26)2)15-22(16-28)27(35)29-17-25(34)18-33/h3-8,13-15,25,33-34H,9-12,17-18H2,1-2H3,(H,29,35). The summed E-state index contributed by atoms with van der Waals surface area (Å²) in [4.78, 5) is 17.1. The summed E-state index contributed by atoms with van der Waals surface area (Å²) in [5, 5.41) is 32.5. The number of carbonyl (C=O) groups is 1. The van der Waals surface area contributed by atoms with Gasteiger partial charge in [-0.05, 0) is 59.8 Å². The zero-order valence-electron chi connectivity index (χ0n) is 20.1. The number of hydrogen-bond acceptors (Lipinski definition) is 6. The number of nitrogens with zero attached hydrogens (tertiary/aromatic N) is 4. The summed E-state index contributed by atoms with van der Waals surface area (Å²) in [5.41, 5.74) is 3.90. The molecule has 4 rings (SSSR count). The lowest BCUT2D eigenvalue weighted by Gasteiger charge is -2.34. The molecule has 3 aromatic rings. The van der Waals surface area contributed by atoms with E-state index in [2.05, 4.69) is 58.6 Å². The second-order valence-corrected chi connectivity index (χ2v) is 8.96. The number of aliphatic hydroxyl groups excluding tert-OH is 2. The van der Waals surface area contributed by atoms with Crippen LogP contribution in [0.25, 0.3) is 28.1 Å². The van der Waals surface area contributed by atoms with Gasteiger partial charge in [0.25, 0.3) is 5.91 Å². The fourth-order valence-electron chi connectivity index (χ4n) is 4.28. The van der Waals surface area contributed by atoms with Crippen molar-refractivity contribution in [1.29, 1.82) is 5.26 Å². The van der Waals surface area contributed by atoms with Crippen LogP contribution in [0.5, 0.6) is 0 Å². The van der Waals surface area contributed by atoms with E-state index in [4.69, 9.17) is 5.11 Å². The van der Waals surface area contributed by atoms with Crippen LogP contribution in [0.4, 0.5) is 5.69 Å². The van der Waals surface area contributed by atoms with Crippen molar-refractivity contribution in [2.75, 3.05) is 51.3 Å². The Morgan fingerprint density at radius 1 is 1.09 bits per heavy atom. The summed E-state index contributed by atoms with van der Waals surface area (Å²) < 4.78 is 1.94. The number of nitrogens with one attached hydrogen (secondary N) is 1. The van der Waals surface area contributed by atoms with E-state index in [9.17, 15) is 15.2 Å². The minimum absolute atomic E-state index is 0.0714. The van der Waals surface area contributed by atoms with Gasteiger partial charge in [-0.1, -0.05) is 18.2 Å². The predicted molar refractivity (Wildman–Crippen MR) is 138 cm³/mol. The van der Waals surface area contributed by atoms with E-state index < -0.39 is 18.6 Å². The Labute approximate surface area is 205 Å². The Balaban J connectivity index is 1.55. The van der Waals surface area contributed by atoms with Gasteiger partial charge in [0, 0.05) is 56.8 Å². The van der Waals surface area contributed by atoms with Gasteiger partial charge in [-0.25, -0.2) is 0 Å². The Morgan fingerprint density at radius 3 is 2.51 bits per heavy atom. The second-order valence-electron chi connectivity index (χ2n) is 8.96. The molecule has 8 nitrogen and oxygen atoms in total. The minimum atomic E-state index is -1.06. The number of piperazine rings is 1. The molecule has 2 heterocycles. The molecule has 0 bridgehead atoms. The van der Waals surface area contributed by atoms with Crippen molar-refractivity contribution < 1.29 is 15.0 Å². The van der Waals surface area contributed by atoms with Crippen molar-refractivity contribution in [3.05, 3.63) is 59.8 Å². The number of anilines is 1. The molecule has 2 aromatic carbocycles. The SMILES string of the molecule is CN1CCN(c2ccc3cc(-c4ccc(C=C(C#N)C(=O)NCC(O)CO)n4C)ccc3c2)CC1. The maximum absolute atomic E-state index is 12.3. The Kier molecular flexibility index (Phi) is 7.51. The average molecular weight is 474 g/mol. The van der Waals surface area contributed by atoms with Gasteiger partial charge in [-0.3, -0.25) is 4.79 Å². The predicted octanol–water partition coefficient (Wildman–Crippen LogP) is 1.97. The van der Waals surface area contributed by atoms with E-state index in [-0.39, 0.29) is 12.1 Å². The molecule has 35 heavy (non-hydrogen) atoms. The second kappa shape index (κ2) is 10.7. The molecular weight excluding hydrogens is 442 g/mol. The minimum Gasteiger partial charge on any atom is -0.394 e. The molecule has 0 radical (unpaired) electrons. The number of rotatable bonds is 7. The Morgan fingerprint density at radius 2 is 1.80 bits per heavy atom. The fourth-order valence-corrected chi connectivity index (χ4v) is 4.28. The molecule has 8 heteroatoms. The molecule has 0 aliphatic carbocycles. The molecule has 1 aliphatic rings. The molecule has 1 fully saturated rings. The summed E-state index contributed by atoms with van der Waals surface area (Å²) in [6.45, 7) is 3.62. The topological polar surface area (TPSA) is 105 Å². The van der Waals surface area contributed by atoms with Gasteiger partial charge in [0.1, 0.15) is 11.6 Å². The van der Waals surface area contributed by atoms with Crippen LogP contribution >= 0.6 is 0 Å². The summed E-state index contributed by atoms with van der Waals surface area (Å²) in [7, 11) is 4.05. The summed E-state index contributed by atoms with van der Waals surface area (Å²) >= 11 is 0. The van der Waals surface area contributed by atoms with Gasteiger partial charge in [0.2, 0.25) is 0 Å². The average Bonchev–Trinajstić information content (AvgIpc) is 3.25. The van der Waals surface area contributed by atoms with Gasteiger partial charge in [0.05, 0.1) is 12.7 Å². The quantitative estimate of drug-likeness (QED) is 0.358. The number of nitriles is 1. The lowest BCUT2D eigenvalue weighted by molar-refractivity contribution is -0.117. The lowest BCUT2D eigenvalue weighted by Crippen LogP contribution is -2.44. The van der Waals surface area contributed by atoms with Crippen LogP contribution in [0.1, 0.15) is 5.69 Å². The third-order valence-corrected chi connectivity index (χ3v) is 6.51. The molecule has 1 aliphatic heterocycles. The number of likely N-dealkylation sites (N-methyl/N-ethyl adjacent to an activating group) is 1. The number of carbonyl (C=O) groups excluding carboxylic acids is 1. The number of benzene rings is 2. The summed E-state index contributed by atoms with van der Waals surface area (Å²) in [5.74, 6) is -0.593. The molecule has 1 atom stereocenters. The highest BCUT2D eigenvalue weighted by Crippen LogP contribution is 2.29. The first-order valence-corrected chi connectivity index (χ1v) is 11.7. The molecule has 0 saturated carbocycles. The smallest absolute Gasteiger partial charge is 0.262 e. The first kappa shape index (κ1) is 24.5. The summed E-state index contributed by atoms with van der Waals surface area (Å²) in [6.07, 6.45) is 0.458. The molecule has 0 spiro atoms. The van der Waals surface area contributed by atoms with Gasteiger partial charge in [-0.15, -0.1) is 0 Å². The Bertz CT molecular complexity index is 1280. The highest BCUT2D eigenvalue weighted by atomic mass is 16.3. The van der Waals surface area contributed by atoms with Crippen molar-refractivity contribution in [1.82, 2.24) is 14.8 Å². The van der Waals surface area contributed by atoms with Crippen LogP contribution in [0.3, 0.4) is 0 Å². The number of amides is 1. The molecule has 1 aromatic heterocycles. The maximum Gasteiger partial charge on any atom is 0.262 e. The maximum atomic E-state index is 12.3. The summed E-state index contributed by atoms with van der Waals surface area (Å²) in [6, 6.07) is 18.7.